The summed E-state index contributed by atoms with van der Waals surface area (Å²) in [5.41, 5.74) is -0.528. The molecule has 0 spiro atoms. The molecule has 0 aliphatic carbocycles. The molecule has 2 rings (SSSR count). The van der Waals surface area contributed by atoms with E-state index in [1.807, 2.05) is 0 Å². The van der Waals surface area contributed by atoms with Crippen molar-refractivity contribution in [2.45, 2.75) is 45.3 Å². The Hall–Kier alpha value is -2.71. The van der Waals surface area contributed by atoms with Crippen LogP contribution in [0.2, 0.25) is 0 Å². The van der Waals surface area contributed by atoms with E-state index in [2.05, 4.69) is 10.6 Å². The Bertz CT molecular complexity index is 779. The predicted molar refractivity (Wildman–Crippen MR) is 102 cm³/mol. The van der Waals surface area contributed by atoms with Crippen molar-refractivity contribution in [2.75, 3.05) is 20.1 Å². The SMILES string of the molecule is CNC(=O)C(NC(=O)C1CCCN(C(=O)OC(C)(C)C)C1)c1ccc(F)c(F)c1. The molecule has 0 bridgehead atoms. The van der Waals surface area contributed by atoms with Crippen LogP contribution in [0, 0.1) is 17.6 Å². The van der Waals surface area contributed by atoms with E-state index in [4.69, 9.17) is 4.74 Å². The van der Waals surface area contributed by atoms with Crippen molar-refractivity contribution in [3.05, 3.63) is 35.4 Å². The van der Waals surface area contributed by atoms with Crippen LogP contribution in [-0.4, -0.2) is 48.5 Å². The summed E-state index contributed by atoms with van der Waals surface area (Å²) in [6.07, 6.45) is 0.634. The first-order valence-corrected chi connectivity index (χ1v) is 9.46. The molecule has 1 aliphatic rings. The fourth-order valence-electron chi connectivity index (χ4n) is 3.08. The maximum Gasteiger partial charge on any atom is 0.410 e. The molecular formula is C20H27F2N3O4. The summed E-state index contributed by atoms with van der Waals surface area (Å²) < 4.78 is 32.2. The molecule has 1 heterocycles. The lowest BCUT2D eigenvalue weighted by Crippen LogP contribution is -2.49. The van der Waals surface area contributed by atoms with Crippen LogP contribution < -0.4 is 10.6 Å². The highest BCUT2D eigenvalue weighted by Gasteiger charge is 2.33. The number of carbonyl (C=O) groups excluding carboxylic acids is 3. The highest BCUT2D eigenvalue weighted by atomic mass is 19.2. The van der Waals surface area contributed by atoms with Gasteiger partial charge in [0, 0.05) is 20.1 Å². The van der Waals surface area contributed by atoms with Crippen LogP contribution in [0.5, 0.6) is 0 Å². The Morgan fingerprint density at radius 3 is 2.48 bits per heavy atom. The first-order chi connectivity index (χ1) is 13.5. The van der Waals surface area contributed by atoms with Gasteiger partial charge in [0.15, 0.2) is 11.6 Å². The number of hydrogen-bond acceptors (Lipinski definition) is 4. The lowest BCUT2D eigenvalue weighted by atomic mass is 9.96. The van der Waals surface area contributed by atoms with Gasteiger partial charge in [-0.25, -0.2) is 13.6 Å². The van der Waals surface area contributed by atoms with Crippen LogP contribution >= 0.6 is 0 Å². The molecule has 0 aromatic heterocycles. The number of likely N-dealkylation sites (N-methyl/N-ethyl adjacent to an activating group) is 1. The molecule has 7 nitrogen and oxygen atoms in total. The normalized spacial score (nSPS) is 18.0. The Balaban J connectivity index is 2.11. The van der Waals surface area contributed by atoms with Crippen molar-refractivity contribution >= 4 is 17.9 Å². The minimum atomic E-state index is -1.18. The van der Waals surface area contributed by atoms with Gasteiger partial charge in [0.1, 0.15) is 11.6 Å². The van der Waals surface area contributed by atoms with Crippen molar-refractivity contribution in [3.63, 3.8) is 0 Å². The quantitative estimate of drug-likeness (QED) is 0.797. The predicted octanol–water partition coefficient (Wildman–Crippen LogP) is 2.52. The molecule has 1 saturated heterocycles. The number of carbonyl (C=O) groups is 3. The van der Waals surface area contributed by atoms with Crippen molar-refractivity contribution in [3.8, 4) is 0 Å². The van der Waals surface area contributed by atoms with Gasteiger partial charge in [-0.3, -0.25) is 9.59 Å². The second-order valence-corrected chi connectivity index (χ2v) is 7.99. The Kier molecular flexibility index (Phi) is 7.16. The van der Waals surface area contributed by atoms with Crippen LogP contribution in [0.1, 0.15) is 45.2 Å². The fourth-order valence-corrected chi connectivity index (χ4v) is 3.08. The molecule has 0 saturated carbocycles. The van der Waals surface area contributed by atoms with E-state index in [0.717, 1.165) is 12.1 Å². The second kappa shape index (κ2) is 9.19. The van der Waals surface area contributed by atoms with Crippen LogP contribution in [0.15, 0.2) is 18.2 Å². The number of likely N-dealkylation sites (tertiary alicyclic amines) is 1. The molecule has 1 aromatic rings. The fraction of sp³-hybridized carbons (Fsp3) is 0.550. The van der Waals surface area contributed by atoms with Gasteiger partial charge in [0.2, 0.25) is 11.8 Å². The van der Waals surface area contributed by atoms with Crippen molar-refractivity contribution in [1.82, 2.24) is 15.5 Å². The number of amides is 3. The third-order valence-electron chi connectivity index (χ3n) is 4.52. The third kappa shape index (κ3) is 6.13. The van der Waals surface area contributed by atoms with E-state index in [9.17, 15) is 23.2 Å². The number of piperidine rings is 1. The number of nitrogens with one attached hydrogen (secondary N) is 2. The number of halogens is 2. The summed E-state index contributed by atoms with van der Waals surface area (Å²) in [6, 6.07) is 1.84. The first kappa shape index (κ1) is 22.6. The van der Waals surface area contributed by atoms with Gasteiger partial charge >= 0.3 is 6.09 Å². The first-order valence-electron chi connectivity index (χ1n) is 9.46. The van der Waals surface area contributed by atoms with Gasteiger partial charge in [-0.15, -0.1) is 0 Å². The molecule has 2 N–H and O–H groups in total. The number of nitrogens with zero attached hydrogens (tertiary/aromatic N) is 1. The Labute approximate surface area is 168 Å². The molecular weight excluding hydrogens is 384 g/mol. The topological polar surface area (TPSA) is 87.7 Å². The zero-order valence-electron chi connectivity index (χ0n) is 17.1. The molecule has 160 valence electrons. The molecule has 2 unspecified atom stereocenters. The standard InChI is InChI=1S/C20H27F2N3O4/c1-20(2,3)29-19(28)25-9-5-6-13(11-25)17(26)24-16(18(27)23-4)12-7-8-14(21)15(22)10-12/h7-8,10,13,16H,5-6,9,11H2,1-4H3,(H,23,27)(H,24,26). The van der Waals surface area contributed by atoms with E-state index in [1.165, 1.54) is 18.0 Å². The van der Waals surface area contributed by atoms with Gasteiger partial charge < -0.3 is 20.3 Å². The van der Waals surface area contributed by atoms with Crippen molar-refractivity contribution < 1.29 is 27.9 Å². The highest BCUT2D eigenvalue weighted by Crippen LogP contribution is 2.22. The van der Waals surface area contributed by atoms with Crippen LogP contribution in [0.25, 0.3) is 0 Å². The van der Waals surface area contributed by atoms with E-state index >= 15 is 0 Å². The average Bonchev–Trinajstić information content (AvgIpc) is 2.66. The van der Waals surface area contributed by atoms with Gasteiger partial charge in [-0.05, 0) is 51.3 Å². The van der Waals surface area contributed by atoms with Crippen LogP contribution in [0.3, 0.4) is 0 Å². The van der Waals surface area contributed by atoms with Crippen LogP contribution in [0.4, 0.5) is 13.6 Å². The smallest absolute Gasteiger partial charge is 0.410 e. The van der Waals surface area contributed by atoms with E-state index in [0.29, 0.717) is 19.4 Å². The molecule has 9 heteroatoms. The van der Waals surface area contributed by atoms with Gasteiger partial charge in [0.05, 0.1) is 5.92 Å². The van der Waals surface area contributed by atoms with Gasteiger partial charge in [-0.2, -0.15) is 0 Å². The summed E-state index contributed by atoms with van der Waals surface area (Å²) in [7, 11) is 1.38. The summed E-state index contributed by atoms with van der Waals surface area (Å²) >= 11 is 0. The largest absolute Gasteiger partial charge is 0.444 e. The summed E-state index contributed by atoms with van der Waals surface area (Å²) in [5.74, 6) is -3.72. The number of rotatable bonds is 4. The van der Waals surface area contributed by atoms with E-state index < -0.39 is 47.1 Å². The lowest BCUT2D eigenvalue weighted by Gasteiger charge is -2.34. The highest BCUT2D eigenvalue weighted by molar-refractivity contribution is 5.89. The molecule has 1 aliphatic heterocycles. The van der Waals surface area contributed by atoms with E-state index in [-0.39, 0.29) is 12.1 Å². The molecule has 3 amide bonds. The zero-order chi connectivity index (χ0) is 21.8. The lowest BCUT2D eigenvalue weighted by molar-refractivity contribution is -0.132. The minimum Gasteiger partial charge on any atom is -0.444 e. The molecule has 1 aromatic carbocycles. The Morgan fingerprint density at radius 1 is 1.21 bits per heavy atom. The summed E-state index contributed by atoms with van der Waals surface area (Å²) in [5, 5.41) is 4.99. The third-order valence-corrected chi connectivity index (χ3v) is 4.52. The van der Waals surface area contributed by atoms with Crippen molar-refractivity contribution in [1.29, 1.82) is 0 Å². The number of benzene rings is 1. The van der Waals surface area contributed by atoms with Gasteiger partial charge in [0.25, 0.3) is 0 Å². The number of ether oxygens (including phenoxy) is 1. The maximum atomic E-state index is 13.6. The molecule has 1 fully saturated rings. The zero-order valence-corrected chi connectivity index (χ0v) is 17.1. The maximum absolute atomic E-state index is 13.6. The average molecular weight is 411 g/mol. The van der Waals surface area contributed by atoms with Crippen LogP contribution in [-0.2, 0) is 14.3 Å². The summed E-state index contributed by atoms with van der Waals surface area (Å²) in [4.78, 5) is 38.7. The number of hydrogen-bond donors (Lipinski definition) is 2. The monoisotopic (exact) mass is 411 g/mol. The van der Waals surface area contributed by atoms with Gasteiger partial charge in [-0.1, -0.05) is 6.07 Å². The minimum absolute atomic E-state index is 0.122. The molecule has 0 radical (unpaired) electrons. The Morgan fingerprint density at radius 2 is 1.90 bits per heavy atom. The molecule has 29 heavy (non-hydrogen) atoms. The van der Waals surface area contributed by atoms with E-state index in [1.54, 1.807) is 20.8 Å². The molecule has 2 atom stereocenters. The summed E-state index contributed by atoms with van der Waals surface area (Å²) in [6.45, 7) is 5.90. The second-order valence-electron chi connectivity index (χ2n) is 7.99. The van der Waals surface area contributed by atoms with Crippen molar-refractivity contribution in [2.24, 2.45) is 5.92 Å².